The predicted molar refractivity (Wildman–Crippen MR) is 48.0 cm³/mol. The zero-order valence-corrected chi connectivity index (χ0v) is 7.98. The average molecular weight is 168 g/mol. The van der Waals surface area contributed by atoms with Crippen molar-refractivity contribution < 1.29 is 4.52 Å². The monoisotopic (exact) mass is 168 g/mol. The fourth-order valence-corrected chi connectivity index (χ4v) is 1.14. The molecule has 0 radical (unpaired) electrons. The number of rotatable bonds is 4. The minimum absolute atomic E-state index is 0.870. The first-order chi connectivity index (χ1) is 5.75. The molecule has 0 bridgehead atoms. The molecule has 3 heteroatoms. The van der Waals surface area contributed by atoms with E-state index in [1.807, 2.05) is 13.8 Å². The van der Waals surface area contributed by atoms with E-state index >= 15 is 0 Å². The highest BCUT2D eigenvalue weighted by atomic mass is 16.5. The average Bonchev–Trinajstić information content (AvgIpc) is 2.35. The Balaban J connectivity index is 2.50. The van der Waals surface area contributed by atoms with Gasteiger partial charge in [0.2, 0.25) is 0 Å². The van der Waals surface area contributed by atoms with E-state index in [2.05, 4.69) is 17.4 Å². The number of nitrogens with one attached hydrogen (secondary N) is 1. The molecule has 68 valence electrons. The van der Waals surface area contributed by atoms with Crippen molar-refractivity contribution in [2.45, 2.75) is 33.7 Å². The second-order valence-corrected chi connectivity index (χ2v) is 2.98. The van der Waals surface area contributed by atoms with Crippen LogP contribution in [0.1, 0.15) is 30.4 Å². The largest absolute Gasteiger partial charge is 0.361 e. The van der Waals surface area contributed by atoms with Crippen molar-refractivity contribution in [1.82, 2.24) is 10.5 Å². The Morgan fingerprint density at radius 3 is 2.67 bits per heavy atom. The molecular weight excluding hydrogens is 152 g/mol. The summed E-state index contributed by atoms with van der Waals surface area (Å²) in [6.07, 6.45) is 1.16. The summed E-state index contributed by atoms with van der Waals surface area (Å²) in [5.41, 5.74) is 2.19. The molecule has 3 nitrogen and oxygen atoms in total. The van der Waals surface area contributed by atoms with E-state index in [4.69, 9.17) is 4.52 Å². The van der Waals surface area contributed by atoms with Crippen LogP contribution in [0.15, 0.2) is 4.52 Å². The molecule has 0 amide bonds. The van der Waals surface area contributed by atoms with Crippen LogP contribution in [-0.4, -0.2) is 11.7 Å². The third-order valence-electron chi connectivity index (χ3n) is 1.91. The highest BCUT2D eigenvalue weighted by Gasteiger charge is 2.06. The van der Waals surface area contributed by atoms with Gasteiger partial charge in [-0.3, -0.25) is 0 Å². The van der Waals surface area contributed by atoms with Crippen molar-refractivity contribution >= 4 is 0 Å². The number of aryl methyl sites for hydroxylation is 2. The lowest BCUT2D eigenvalue weighted by Gasteiger charge is -2.00. The summed E-state index contributed by atoms with van der Waals surface area (Å²) in [7, 11) is 0. The Bertz CT molecular complexity index is 223. The van der Waals surface area contributed by atoms with Crippen LogP contribution < -0.4 is 5.32 Å². The second-order valence-electron chi connectivity index (χ2n) is 2.98. The SMILES string of the molecule is CCCNCc1c(C)noc1C. The fraction of sp³-hybridized carbons (Fsp3) is 0.667. The Labute approximate surface area is 73.1 Å². The molecule has 0 saturated heterocycles. The van der Waals surface area contributed by atoms with E-state index < -0.39 is 0 Å². The number of hydrogen-bond acceptors (Lipinski definition) is 3. The summed E-state index contributed by atoms with van der Waals surface area (Å²) in [4.78, 5) is 0. The predicted octanol–water partition coefficient (Wildman–Crippen LogP) is 1.79. The Kier molecular flexibility index (Phi) is 3.29. The van der Waals surface area contributed by atoms with Crippen molar-refractivity contribution in [1.29, 1.82) is 0 Å². The molecule has 1 heterocycles. The molecule has 1 rings (SSSR count). The van der Waals surface area contributed by atoms with Gasteiger partial charge in [0.25, 0.3) is 0 Å². The van der Waals surface area contributed by atoms with Crippen LogP contribution in [0.5, 0.6) is 0 Å². The number of aromatic nitrogens is 1. The second kappa shape index (κ2) is 4.26. The van der Waals surface area contributed by atoms with Crippen molar-refractivity contribution in [3.8, 4) is 0 Å². The van der Waals surface area contributed by atoms with Crippen molar-refractivity contribution in [3.05, 3.63) is 17.0 Å². The first-order valence-corrected chi connectivity index (χ1v) is 4.38. The first kappa shape index (κ1) is 9.26. The van der Waals surface area contributed by atoms with Crippen LogP contribution in [0.3, 0.4) is 0 Å². The zero-order chi connectivity index (χ0) is 8.97. The van der Waals surface area contributed by atoms with E-state index in [0.717, 1.165) is 31.0 Å². The molecule has 1 aromatic rings. The molecule has 0 unspecified atom stereocenters. The summed E-state index contributed by atoms with van der Waals surface area (Å²) in [6.45, 7) is 7.99. The van der Waals surface area contributed by atoms with Gasteiger partial charge in [-0.2, -0.15) is 0 Å². The third-order valence-corrected chi connectivity index (χ3v) is 1.91. The lowest BCUT2D eigenvalue weighted by atomic mass is 10.2. The molecule has 0 spiro atoms. The molecule has 12 heavy (non-hydrogen) atoms. The smallest absolute Gasteiger partial charge is 0.138 e. The summed E-state index contributed by atoms with van der Waals surface area (Å²) in [5.74, 6) is 0.927. The summed E-state index contributed by atoms with van der Waals surface area (Å²) >= 11 is 0. The minimum Gasteiger partial charge on any atom is -0.361 e. The van der Waals surface area contributed by atoms with Crippen molar-refractivity contribution in [2.24, 2.45) is 0 Å². The highest BCUT2D eigenvalue weighted by molar-refractivity contribution is 5.20. The van der Waals surface area contributed by atoms with E-state index in [0.29, 0.717) is 0 Å². The van der Waals surface area contributed by atoms with Crippen LogP contribution in [0.2, 0.25) is 0 Å². The van der Waals surface area contributed by atoms with Gasteiger partial charge in [0, 0.05) is 12.1 Å². The van der Waals surface area contributed by atoms with Crippen LogP contribution >= 0.6 is 0 Å². The third kappa shape index (κ3) is 2.08. The highest BCUT2D eigenvalue weighted by Crippen LogP contribution is 2.10. The lowest BCUT2D eigenvalue weighted by Crippen LogP contribution is -2.14. The van der Waals surface area contributed by atoms with Crippen molar-refractivity contribution in [3.63, 3.8) is 0 Å². The molecule has 1 aromatic heterocycles. The number of nitrogens with zero attached hydrogens (tertiary/aromatic N) is 1. The van der Waals surface area contributed by atoms with Gasteiger partial charge in [-0.15, -0.1) is 0 Å². The zero-order valence-electron chi connectivity index (χ0n) is 7.98. The molecule has 0 aliphatic heterocycles. The Morgan fingerprint density at radius 2 is 2.17 bits per heavy atom. The summed E-state index contributed by atoms with van der Waals surface area (Å²) < 4.78 is 5.04. The van der Waals surface area contributed by atoms with E-state index in [1.165, 1.54) is 5.56 Å². The molecular formula is C9H16N2O. The van der Waals surface area contributed by atoms with Crippen molar-refractivity contribution in [2.75, 3.05) is 6.54 Å². The Hall–Kier alpha value is -0.830. The van der Waals surface area contributed by atoms with Crippen LogP contribution in [-0.2, 0) is 6.54 Å². The molecule has 0 aromatic carbocycles. The lowest BCUT2D eigenvalue weighted by molar-refractivity contribution is 0.392. The number of hydrogen-bond donors (Lipinski definition) is 1. The molecule has 0 aliphatic carbocycles. The summed E-state index contributed by atoms with van der Waals surface area (Å²) in [5, 5.41) is 7.20. The Morgan fingerprint density at radius 1 is 1.42 bits per heavy atom. The van der Waals surface area contributed by atoms with Gasteiger partial charge >= 0.3 is 0 Å². The minimum atomic E-state index is 0.870. The maximum absolute atomic E-state index is 5.04. The molecule has 1 N–H and O–H groups in total. The van der Waals surface area contributed by atoms with Gasteiger partial charge < -0.3 is 9.84 Å². The quantitative estimate of drug-likeness (QED) is 0.696. The first-order valence-electron chi connectivity index (χ1n) is 4.38. The van der Waals surface area contributed by atoms with Gasteiger partial charge in [-0.1, -0.05) is 12.1 Å². The van der Waals surface area contributed by atoms with Gasteiger partial charge in [0.1, 0.15) is 5.76 Å². The van der Waals surface area contributed by atoms with E-state index in [-0.39, 0.29) is 0 Å². The van der Waals surface area contributed by atoms with E-state index in [1.54, 1.807) is 0 Å². The molecule has 0 aliphatic rings. The summed E-state index contributed by atoms with van der Waals surface area (Å²) in [6, 6.07) is 0. The van der Waals surface area contributed by atoms with E-state index in [9.17, 15) is 0 Å². The normalized spacial score (nSPS) is 10.6. The fourth-order valence-electron chi connectivity index (χ4n) is 1.14. The van der Waals surface area contributed by atoms with Gasteiger partial charge in [-0.05, 0) is 26.8 Å². The van der Waals surface area contributed by atoms with Gasteiger partial charge in [-0.25, -0.2) is 0 Å². The molecule has 0 atom stereocenters. The molecule has 0 fully saturated rings. The van der Waals surface area contributed by atoms with Crippen LogP contribution in [0, 0.1) is 13.8 Å². The maximum atomic E-state index is 5.04. The van der Waals surface area contributed by atoms with Crippen LogP contribution in [0.4, 0.5) is 0 Å². The maximum Gasteiger partial charge on any atom is 0.138 e. The standard InChI is InChI=1S/C9H16N2O/c1-4-5-10-6-9-7(2)11-12-8(9)3/h10H,4-6H2,1-3H3. The van der Waals surface area contributed by atoms with Crippen LogP contribution in [0.25, 0.3) is 0 Å². The topological polar surface area (TPSA) is 38.1 Å². The van der Waals surface area contributed by atoms with Gasteiger partial charge in [0.15, 0.2) is 0 Å². The molecule has 0 saturated carbocycles. The van der Waals surface area contributed by atoms with Gasteiger partial charge in [0.05, 0.1) is 5.69 Å².